The van der Waals surface area contributed by atoms with E-state index in [4.69, 9.17) is 4.74 Å². The van der Waals surface area contributed by atoms with Gasteiger partial charge in [0.25, 0.3) is 5.91 Å². The van der Waals surface area contributed by atoms with Gasteiger partial charge in [-0.25, -0.2) is 0 Å². The number of hydrogen-bond acceptors (Lipinski definition) is 5. The lowest BCUT2D eigenvalue weighted by atomic mass is 9.79. The number of hydrogen-bond donors (Lipinski definition) is 2. The Bertz CT molecular complexity index is 572. The van der Waals surface area contributed by atoms with E-state index < -0.39 is 0 Å². The summed E-state index contributed by atoms with van der Waals surface area (Å²) in [5, 5.41) is 6.52. The first-order chi connectivity index (χ1) is 12.7. The van der Waals surface area contributed by atoms with Gasteiger partial charge in [0.1, 0.15) is 0 Å². The number of benzene rings is 1. The van der Waals surface area contributed by atoms with E-state index in [1.54, 1.807) is 7.11 Å². The third kappa shape index (κ3) is 7.39. The lowest BCUT2D eigenvalue weighted by molar-refractivity contribution is 0.0512. The van der Waals surface area contributed by atoms with E-state index in [-0.39, 0.29) is 36.1 Å². The zero-order valence-corrected chi connectivity index (χ0v) is 19.0. The summed E-state index contributed by atoms with van der Waals surface area (Å²) in [6, 6.07) is 8.09. The molecule has 5 nitrogen and oxygen atoms in total. The molecule has 1 aromatic rings. The second-order valence-electron chi connectivity index (χ2n) is 7.45. The molecule has 160 valence electrons. The van der Waals surface area contributed by atoms with Crippen LogP contribution in [-0.2, 0) is 11.3 Å². The molecule has 0 aliphatic carbocycles. The van der Waals surface area contributed by atoms with Crippen LogP contribution in [0.1, 0.15) is 28.8 Å². The molecule has 0 radical (unpaired) electrons. The Labute approximate surface area is 185 Å². The molecule has 0 aromatic heterocycles. The Balaban J connectivity index is 0.00000196. The third-order valence-corrected chi connectivity index (χ3v) is 6.41. The minimum Gasteiger partial charge on any atom is -0.384 e. The van der Waals surface area contributed by atoms with Crippen LogP contribution >= 0.6 is 36.6 Å². The molecule has 2 heterocycles. The highest BCUT2D eigenvalue weighted by Crippen LogP contribution is 2.28. The van der Waals surface area contributed by atoms with Crippen LogP contribution in [0, 0.1) is 5.41 Å². The monoisotopic (exact) mass is 449 g/mol. The number of carbonyl (C=O) groups is 1. The lowest BCUT2D eigenvalue weighted by Crippen LogP contribution is -2.47. The smallest absolute Gasteiger partial charge is 0.251 e. The molecule has 0 saturated carbocycles. The second kappa shape index (κ2) is 12.9. The van der Waals surface area contributed by atoms with Gasteiger partial charge in [-0.2, -0.15) is 11.8 Å². The summed E-state index contributed by atoms with van der Waals surface area (Å²) < 4.78 is 5.43. The molecule has 0 atom stereocenters. The number of rotatable bonds is 7. The molecule has 2 saturated heterocycles. The van der Waals surface area contributed by atoms with Crippen molar-refractivity contribution in [1.82, 2.24) is 15.5 Å². The number of nitrogens with one attached hydrogen (secondary N) is 2. The Kier molecular flexibility index (Phi) is 11.8. The number of nitrogens with zero attached hydrogens (tertiary/aromatic N) is 1. The molecule has 2 fully saturated rings. The minimum atomic E-state index is 0. The summed E-state index contributed by atoms with van der Waals surface area (Å²) in [6.07, 6.45) is 2.07. The average Bonchev–Trinajstić information content (AvgIpc) is 2.69. The van der Waals surface area contributed by atoms with Gasteiger partial charge < -0.3 is 15.4 Å². The zero-order chi connectivity index (χ0) is 18.2. The predicted molar refractivity (Wildman–Crippen MR) is 122 cm³/mol. The van der Waals surface area contributed by atoms with Crippen LogP contribution in [0.15, 0.2) is 24.3 Å². The fraction of sp³-hybridized carbons (Fsp3) is 0.650. The highest BCUT2D eigenvalue weighted by Gasteiger charge is 2.32. The van der Waals surface area contributed by atoms with Crippen LogP contribution < -0.4 is 10.6 Å². The van der Waals surface area contributed by atoms with Gasteiger partial charge in [0.2, 0.25) is 0 Å². The molecule has 2 aliphatic rings. The van der Waals surface area contributed by atoms with Crippen molar-refractivity contribution >= 4 is 42.5 Å². The van der Waals surface area contributed by atoms with Crippen LogP contribution in [0.25, 0.3) is 0 Å². The molecule has 0 bridgehead atoms. The Hall–Kier alpha value is -0.500. The number of piperidine rings is 1. The standard InChI is InChI=1S/C20H31N3O2S.2ClH/c1-25-16-20(6-8-21-9-7-20)15-22-19(24)18-4-2-17(3-5-18)14-23-10-12-26-13-11-23;;/h2-5,21H,6-16H2,1H3,(H,22,24);2*1H. The number of ether oxygens (including phenoxy) is 1. The van der Waals surface area contributed by atoms with Crippen molar-refractivity contribution in [1.29, 1.82) is 0 Å². The maximum Gasteiger partial charge on any atom is 0.251 e. The molecule has 1 aromatic carbocycles. The van der Waals surface area contributed by atoms with E-state index in [9.17, 15) is 4.79 Å². The largest absolute Gasteiger partial charge is 0.384 e. The van der Waals surface area contributed by atoms with Gasteiger partial charge in [-0.3, -0.25) is 9.69 Å². The van der Waals surface area contributed by atoms with Crippen molar-refractivity contribution in [2.75, 3.05) is 57.9 Å². The molecule has 0 spiro atoms. The number of methoxy groups -OCH3 is 1. The van der Waals surface area contributed by atoms with Crippen molar-refractivity contribution in [3.05, 3.63) is 35.4 Å². The Morgan fingerprint density at radius 3 is 2.43 bits per heavy atom. The predicted octanol–water partition coefficient (Wildman–Crippen LogP) is 2.83. The first-order valence-electron chi connectivity index (χ1n) is 9.58. The highest BCUT2D eigenvalue weighted by molar-refractivity contribution is 7.99. The number of halogens is 2. The van der Waals surface area contributed by atoms with Crippen molar-refractivity contribution in [3.63, 3.8) is 0 Å². The summed E-state index contributed by atoms with van der Waals surface area (Å²) in [6.45, 7) is 6.64. The van der Waals surface area contributed by atoms with Crippen molar-refractivity contribution < 1.29 is 9.53 Å². The van der Waals surface area contributed by atoms with Gasteiger partial charge in [-0.15, -0.1) is 24.8 Å². The summed E-state index contributed by atoms with van der Waals surface area (Å²) in [5.74, 6) is 2.46. The first-order valence-corrected chi connectivity index (χ1v) is 10.7. The molecule has 8 heteroatoms. The van der Waals surface area contributed by atoms with Crippen LogP contribution in [0.5, 0.6) is 0 Å². The van der Waals surface area contributed by atoms with Gasteiger partial charge in [-0.1, -0.05) is 12.1 Å². The summed E-state index contributed by atoms with van der Waals surface area (Å²) in [5.41, 5.74) is 2.08. The van der Waals surface area contributed by atoms with E-state index in [1.807, 2.05) is 23.9 Å². The van der Waals surface area contributed by atoms with Gasteiger partial charge in [0.15, 0.2) is 0 Å². The number of carbonyl (C=O) groups excluding carboxylic acids is 1. The molecule has 2 aliphatic heterocycles. The summed E-state index contributed by atoms with van der Waals surface area (Å²) in [7, 11) is 1.74. The SMILES string of the molecule is COCC1(CNC(=O)c2ccc(CN3CCSCC3)cc2)CCNCC1.Cl.Cl. The molecule has 3 rings (SSSR count). The maximum atomic E-state index is 12.6. The van der Waals surface area contributed by atoms with Gasteiger partial charge in [-0.05, 0) is 43.6 Å². The molecular weight excluding hydrogens is 417 g/mol. The van der Waals surface area contributed by atoms with E-state index in [0.29, 0.717) is 13.2 Å². The van der Waals surface area contributed by atoms with Crippen LogP contribution in [0.4, 0.5) is 0 Å². The van der Waals surface area contributed by atoms with Gasteiger partial charge in [0, 0.05) is 55.8 Å². The van der Waals surface area contributed by atoms with Crippen molar-refractivity contribution in [2.45, 2.75) is 19.4 Å². The molecule has 2 N–H and O–H groups in total. The molecular formula is C20H33Cl2N3O2S. The zero-order valence-electron chi connectivity index (χ0n) is 16.6. The molecule has 0 unspecified atom stereocenters. The summed E-state index contributed by atoms with van der Waals surface area (Å²) >= 11 is 2.03. The molecule has 28 heavy (non-hydrogen) atoms. The van der Waals surface area contributed by atoms with Crippen LogP contribution in [0.2, 0.25) is 0 Å². The van der Waals surface area contributed by atoms with Crippen molar-refractivity contribution in [2.24, 2.45) is 5.41 Å². The number of thioether (sulfide) groups is 1. The van der Waals surface area contributed by atoms with Crippen LogP contribution in [-0.4, -0.2) is 68.8 Å². The third-order valence-electron chi connectivity index (χ3n) is 5.46. The second-order valence-corrected chi connectivity index (χ2v) is 8.68. The fourth-order valence-electron chi connectivity index (χ4n) is 3.78. The van der Waals surface area contributed by atoms with Crippen molar-refractivity contribution in [3.8, 4) is 0 Å². The van der Waals surface area contributed by atoms with E-state index >= 15 is 0 Å². The van der Waals surface area contributed by atoms with Gasteiger partial charge in [0.05, 0.1) is 6.61 Å². The lowest BCUT2D eigenvalue weighted by Gasteiger charge is -2.37. The number of amides is 1. The first kappa shape index (κ1) is 25.5. The Morgan fingerprint density at radius 2 is 1.82 bits per heavy atom. The fourth-order valence-corrected chi connectivity index (χ4v) is 4.76. The summed E-state index contributed by atoms with van der Waals surface area (Å²) in [4.78, 5) is 15.0. The van der Waals surface area contributed by atoms with Gasteiger partial charge >= 0.3 is 0 Å². The normalized spacial score (nSPS) is 19.2. The topological polar surface area (TPSA) is 53.6 Å². The minimum absolute atomic E-state index is 0. The van der Waals surface area contributed by atoms with E-state index in [1.165, 1.54) is 17.1 Å². The Morgan fingerprint density at radius 1 is 1.18 bits per heavy atom. The van der Waals surface area contributed by atoms with E-state index in [2.05, 4.69) is 27.7 Å². The highest BCUT2D eigenvalue weighted by atomic mass is 35.5. The molecule has 1 amide bonds. The quantitative estimate of drug-likeness (QED) is 0.669. The van der Waals surface area contributed by atoms with Crippen LogP contribution in [0.3, 0.4) is 0 Å². The van der Waals surface area contributed by atoms with E-state index in [0.717, 1.165) is 51.1 Å². The maximum absolute atomic E-state index is 12.6. The average molecular weight is 450 g/mol.